The van der Waals surface area contributed by atoms with Crippen molar-refractivity contribution in [2.75, 3.05) is 6.54 Å². The van der Waals surface area contributed by atoms with Crippen molar-refractivity contribution in [2.24, 2.45) is 0 Å². The number of alkyl halides is 2. The van der Waals surface area contributed by atoms with E-state index >= 15 is 0 Å². The van der Waals surface area contributed by atoms with Gasteiger partial charge in [-0.15, -0.1) is 0 Å². The topological polar surface area (TPSA) is 113 Å². The number of hydrogen-bond donors (Lipinski definition) is 2. The summed E-state index contributed by atoms with van der Waals surface area (Å²) in [5.41, 5.74) is 1.66. The normalized spacial score (nSPS) is 17.2. The van der Waals surface area contributed by atoms with E-state index in [-0.39, 0.29) is 12.4 Å². The minimum absolute atomic E-state index is 0.202. The first-order valence-electron chi connectivity index (χ1n) is 9.79. The number of hydrogen-bond acceptors (Lipinski definition) is 6. The third kappa shape index (κ3) is 3.24. The Kier molecular flexibility index (Phi) is 4.94. The van der Waals surface area contributed by atoms with Crippen LogP contribution in [-0.2, 0) is 6.42 Å². The Hall–Kier alpha value is -3.31. The summed E-state index contributed by atoms with van der Waals surface area (Å²) in [7, 11) is 0. The zero-order valence-corrected chi connectivity index (χ0v) is 17.4. The lowest BCUT2D eigenvalue weighted by atomic mass is 9.99. The SMILES string of the molecule is CC(O)c1nc(C(F)F)c(C(=O)N2CCc3[nH]cnc3C2c2cc3c(Cl)cccn3n2)o1. The number of aromatic amines is 1. The van der Waals surface area contributed by atoms with Crippen molar-refractivity contribution in [1.82, 2.24) is 29.5 Å². The molecule has 0 radical (unpaired) electrons. The highest BCUT2D eigenvalue weighted by Gasteiger charge is 2.40. The second kappa shape index (κ2) is 7.68. The number of nitrogens with zero attached hydrogens (tertiary/aromatic N) is 5. The van der Waals surface area contributed by atoms with Crippen LogP contribution in [0.2, 0.25) is 5.02 Å². The number of amides is 1. The smallest absolute Gasteiger partial charge is 0.292 e. The predicted molar refractivity (Wildman–Crippen MR) is 107 cm³/mol. The van der Waals surface area contributed by atoms with Crippen LogP contribution in [0.5, 0.6) is 0 Å². The van der Waals surface area contributed by atoms with Crippen LogP contribution in [0.15, 0.2) is 35.1 Å². The van der Waals surface area contributed by atoms with Gasteiger partial charge in [-0.05, 0) is 25.1 Å². The number of carbonyl (C=O) groups excluding carboxylic acids is 1. The molecular formula is C20H17ClF2N6O3. The Morgan fingerprint density at radius 1 is 1.44 bits per heavy atom. The number of aliphatic hydroxyl groups is 1. The summed E-state index contributed by atoms with van der Waals surface area (Å²) in [6.45, 7) is 1.52. The second-order valence-electron chi connectivity index (χ2n) is 7.42. The number of pyridine rings is 1. The van der Waals surface area contributed by atoms with Gasteiger partial charge in [-0.2, -0.15) is 5.10 Å². The highest BCUT2D eigenvalue weighted by molar-refractivity contribution is 6.33. The van der Waals surface area contributed by atoms with Gasteiger partial charge in [0.1, 0.15) is 12.1 Å². The summed E-state index contributed by atoms with van der Waals surface area (Å²) in [6.07, 6.45) is -0.634. The highest BCUT2D eigenvalue weighted by atomic mass is 35.5. The number of aromatic nitrogens is 5. The lowest BCUT2D eigenvalue weighted by molar-refractivity contribution is 0.0631. The number of H-pyrrole nitrogens is 1. The molecule has 2 unspecified atom stereocenters. The van der Waals surface area contributed by atoms with Crippen LogP contribution in [0, 0.1) is 0 Å². The fourth-order valence-corrected chi connectivity index (χ4v) is 4.10. The van der Waals surface area contributed by atoms with Gasteiger partial charge in [0.2, 0.25) is 11.7 Å². The van der Waals surface area contributed by atoms with E-state index in [0.29, 0.717) is 28.3 Å². The number of imidazole rings is 1. The molecule has 5 heterocycles. The van der Waals surface area contributed by atoms with Gasteiger partial charge in [-0.25, -0.2) is 23.3 Å². The quantitative estimate of drug-likeness (QED) is 0.480. The van der Waals surface area contributed by atoms with Crippen molar-refractivity contribution in [3.05, 3.63) is 70.2 Å². The lowest BCUT2D eigenvalue weighted by Crippen LogP contribution is -2.41. The number of nitrogens with one attached hydrogen (secondary N) is 1. The average molecular weight is 463 g/mol. The van der Waals surface area contributed by atoms with E-state index in [1.54, 1.807) is 28.9 Å². The maximum absolute atomic E-state index is 13.6. The van der Waals surface area contributed by atoms with Gasteiger partial charge in [0.15, 0.2) is 5.69 Å². The minimum atomic E-state index is -3.05. The molecule has 0 spiro atoms. The van der Waals surface area contributed by atoms with Crippen molar-refractivity contribution in [2.45, 2.75) is 31.9 Å². The Balaban J connectivity index is 1.63. The molecule has 2 atom stereocenters. The molecule has 4 aromatic heterocycles. The molecule has 0 saturated heterocycles. The summed E-state index contributed by atoms with van der Waals surface area (Å²) in [5.74, 6) is -1.75. The van der Waals surface area contributed by atoms with E-state index < -0.39 is 35.9 Å². The number of aliphatic hydroxyl groups excluding tert-OH is 1. The number of carbonyl (C=O) groups is 1. The molecule has 166 valence electrons. The summed E-state index contributed by atoms with van der Waals surface area (Å²) in [4.78, 5) is 25.8. The van der Waals surface area contributed by atoms with Crippen molar-refractivity contribution < 1.29 is 23.1 Å². The van der Waals surface area contributed by atoms with Crippen molar-refractivity contribution in [1.29, 1.82) is 0 Å². The molecule has 0 aromatic carbocycles. The molecule has 2 N–H and O–H groups in total. The van der Waals surface area contributed by atoms with Crippen LogP contribution in [0.25, 0.3) is 5.52 Å². The van der Waals surface area contributed by atoms with Crippen LogP contribution >= 0.6 is 11.6 Å². The summed E-state index contributed by atoms with van der Waals surface area (Å²) in [6, 6.07) is 4.41. The van der Waals surface area contributed by atoms with Gasteiger partial charge in [-0.1, -0.05) is 11.6 Å². The first kappa shape index (κ1) is 20.6. The maximum atomic E-state index is 13.6. The van der Waals surface area contributed by atoms with Crippen molar-refractivity contribution in [3.63, 3.8) is 0 Å². The van der Waals surface area contributed by atoms with Crippen LogP contribution in [0.1, 0.15) is 64.7 Å². The monoisotopic (exact) mass is 462 g/mol. The lowest BCUT2D eigenvalue weighted by Gasteiger charge is -2.33. The van der Waals surface area contributed by atoms with E-state index in [1.165, 1.54) is 18.2 Å². The molecule has 0 aliphatic carbocycles. The Labute approximate surface area is 184 Å². The van der Waals surface area contributed by atoms with Crippen LogP contribution in [0.3, 0.4) is 0 Å². The minimum Gasteiger partial charge on any atom is -0.432 e. The molecule has 9 nitrogen and oxygen atoms in total. The fourth-order valence-electron chi connectivity index (χ4n) is 3.89. The van der Waals surface area contributed by atoms with Crippen LogP contribution in [0.4, 0.5) is 8.78 Å². The van der Waals surface area contributed by atoms with Gasteiger partial charge in [0.05, 0.1) is 28.3 Å². The molecule has 0 saturated carbocycles. The van der Waals surface area contributed by atoms with E-state index in [9.17, 15) is 18.7 Å². The van der Waals surface area contributed by atoms with E-state index in [0.717, 1.165) is 5.69 Å². The number of rotatable bonds is 4. The second-order valence-corrected chi connectivity index (χ2v) is 7.82. The van der Waals surface area contributed by atoms with Crippen molar-refractivity contribution >= 4 is 23.0 Å². The Bertz CT molecular complexity index is 1310. The van der Waals surface area contributed by atoms with E-state index in [2.05, 4.69) is 20.1 Å². The van der Waals surface area contributed by atoms with E-state index in [4.69, 9.17) is 16.0 Å². The highest BCUT2D eigenvalue weighted by Crippen LogP contribution is 2.36. The molecule has 1 aliphatic rings. The van der Waals surface area contributed by atoms with Gasteiger partial charge in [0, 0.05) is 24.9 Å². The predicted octanol–water partition coefficient (Wildman–Crippen LogP) is 3.48. The van der Waals surface area contributed by atoms with Crippen molar-refractivity contribution in [3.8, 4) is 0 Å². The first-order chi connectivity index (χ1) is 15.3. The first-order valence-corrected chi connectivity index (χ1v) is 10.2. The molecule has 0 fully saturated rings. The molecule has 32 heavy (non-hydrogen) atoms. The largest absolute Gasteiger partial charge is 0.432 e. The third-order valence-electron chi connectivity index (χ3n) is 5.36. The number of oxazole rings is 1. The maximum Gasteiger partial charge on any atom is 0.292 e. The fraction of sp³-hybridized carbons (Fsp3) is 0.300. The van der Waals surface area contributed by atoms with Gasteiger partial charge in [-0.3, -0.25) is 4.79 Å². The number of halogens is 3. The molecular weight excluding hydrogens is 446 g/mol. The van der Waals surface area contributed by atoms with Gasteiger partial charge < -0.3 is 19.4 Å². The summed E-state index contributed by atoms with van der Waals surface area (Å²) in [5, 5.41) is 14.7. The standard InChI is InChI=1S/C20H17ClF2N6O3/c1-9(30)19-26-15(18(22)23)17(32-19)20(31)28-6-4-11-14(25-8-24-11)16(28)12-7-13-10(21)3-2-5-29(13)27-12/h2-3,5,7-9,16,18,30H,4,6H2,1H3,(H,24,25). The zero-order chi connectivity index (χ0) is 22.6. The van der Waals surface area contributed by atoms with Crippen LogP contribution < -0.4 is 0 Å². The van der Waals surface area contributed by atoms with Crippen LogP contribution in [-0.4, -0.2) is 47.0 Å². The Morgan fingerprint density at radius 3 is 2.97 bits per heavy atom. The summed E-state index contributed by atoms with van der Waals surface area (Å²) >= 11 is 6.28. The average Bonchev–Trinajstić information content (AvgIpc) is 3.49. The van der Waals surface area contributed by atoms with Gasteiger partial charge >= 0.3 is 0 Å². The molecule has 5 rings (SSSR count). The molecule has 1 amide bonds. The molecule has 4 aromatic rings. The number of fused-ring (bicyclic) bond motifs is 2. The Morgan fingerprint density at radius 2 is 2.25 bits per heavy atom. The molecule has 12 heteroatoms. The molecule has 0 bridgehead atoms. The third-order valence-corrected chi connectivity index (χ3v) is 5.68. The molecule has 1 aliphatic heterocycles. The van der Waals surface area contributed by atoms with E-state index in [1.807, 2.05) is 0 Å². The van der Waals surface area contributed by atoms with Gasteiger partial charge in [0.25, 0.3) is 12.3 Å². The zero-order valence-electron chi connectivity index (χ0n) is 16.7. The summed E-state index contributed by atoms with van der Waals surface area (Å²) < 4.78 is 34.1.